The topological polar surface area (TPSA) is 65.1 Å². The van der Waals surface area contributed by atoms with Crippen LogP contribution in [0, 0.1) is 0 Å². The Morgan fingerprint density at radius 1 is 0.844 bits per heavy atom. The van der Waals surface area contributed by atoms with Crippen LogP contribution in [-0.2, 0) is 0 Å². The Labute approximate surface area is 186 Å². The number of hydrogen-bond acceptors (Lipinski definition) is 5. The standard InChI is InChI=1S/C26H21NO5/c1-2-9-20-15-14-19-18-23(32-26(29)31-22-12-7-4-8-13-22)16-17-24(19)27(20)25(28)30-21-10-5-3-6-11-21/h2-8,10-18,20H,1,9H2. The van der Waals surface area contributed by atoms with Crippen LogP contribution >= 0.6 is 0 Å². The van der Waals surface area contributed by atoms with Gasteiger partial charge in [0.1, 0.15) is 17.2 Å². The summed E-state index contributed by atoms with van der Waals surface area (Å²) in [6.07, 6.45) is 4.72. The van der Waals surface area contributed by atoms with Gasteiger partial charge in [-0.3, -0.25) is 4.90 Å². The summed E-state index contributed by atoms with van der Waals surface area (Å²) in [5.74, 6) is 1.14. The quantitative estimate of drug-likeness (QED) is 0.274. The average molecular weight is 427 g/mol. The average Bonchev–Trinajstić information content (AvgIpc) is 2.80. The van der Waals surface area contributed by atoms with Crippen molar-refractivity contribution in [3.63, 3.8) is 0 Å². The second-order valence-electron chi connectivity index (χ2n) is 6.99. The van der Waals surface area contributed by atoms with Gasteiger partial charge in [-0.25, -0.2) is 9.59 Å². The van der Waals surface area contributed by atoms with Crippen molar-refractivity contribution in [1.82, 2.24) is 0 Å². The molecule has 4 rings (SSSR count). The molecule has 6 nitrogen and oxygen atoms in total. The minimum Gasteiger partial charge on any atom is -0.410 e. The van der Waals surface area contributed by atoms with Gasteiger partial charge in [-0.05, 0) is 48.9 Å². The van der Waals surface area contributed by atoms with Gasteiger partial charge in [0.2, 0.25) is 0 Å². The number of carbonyl (C=O) groups excluding carboxylic acids is 2. The maximum absolute atomic E-state index is 13.0. The predicted molar refractivity (Wildman–Crippen MR) is 122 cm³/mol. The molecule has 0 aromatic heterocycles. The Balaban J connectivity index is 1.54. The molecular formula is C26H21NO5. The zero-order chi connectivity index (χ0) is 22.3. The molecule has 6 heteroatoms. The van der Waals surface area contributed by atoms with Gasteiger partial charge in [0.15, 0.2) is 0 Å². The Kier molecular flexibility index (Phi) is 6.32. The summed E-state index contributed by atoms with van der Waals surface area (Å²) in [6, 6.07) is 22.3. The number of nitrogens with zero attached hydrogens (tertiary/aromatic N) is 1. The Morgan fingerprint density at radius 2 is 1.47 bits per heavy atom. The number of benzene rings is 3. The van der Waals surface area contributed by atoms with Crippen LogP contribution < -0.4 is 19.1 Å². The largest absolute Gasteiger partial charge is 0.519 e. The zero-order valence-corrected chi connectivity index (χ0v) is 17.2. The lowest BCUT2D eigenvalue weighted by Crippen LogP contribution is -2.42. The first-order chi connectivity index (χ1) is 15.6. The molecule has 32 heavy (non-hydrogen) atoms. The highest BCUT2D eigenvalue weighted by molar-refractivity contribution is 5.95. The van der Waals surface area contributed by atoms with Crippen molar-refractivity contribution in [3.05, 3.63) is 103 Å². The van der Waals surface area contributed by atoms with Crippen molar-refractivity contribution in [2.24, 2.45) is 0 Å². The molecule has 1 amide bonds. The minimum absolute atomic E-state index is 0.244. The fourth-order valence-electron chi connectivity index (χ4n) is 3.36. The van der Waals surface area contributed by atoms with Crippen molar-refractivity contribution in [2.75, 3.05) is 4.90 Å². The van der Waals surface area contributed by atoms with Crippen molar-refractivity contribution in [3.8, 4) is 17.2 Å². The van der Waals surface area contributed by atoms with Gasteiger partial charge in [0.25, 0.3) is 0 Å². The first-order valence-corrected chi connectivity index (χ1v) is 10.1. The molecule has 1 heterocycles. The third-order valence-corrected chi connectivity index (χ3v) is 4.79. The highest BCUT2D eigenvalue weighted by Crippen LogP contribution is 2.34. The summed E-state index contributed by atoms with van der Waals surface area (Å²) < 4.78 is 16.0. The molecule has 0 aliphatic carbocycles. The van der Waals surface area contributed by atoms with Crippen LogP contribution in [0.1, 0.15) is 12.0 Å². The van der Waals surface area contributed by atoms with E-state index in [4.69, 9.17) is 14.2 Å². The number of rotatable bonds is 5. The second kappa shape index (κ2) is 9.66. The number of hydrogen-bond donors (Lipinski definition) is 0. The molecule has 1 aliphatic heterocycles. The third kappa shape index (κ3) is 4.87. The van der Waals surface area contributed by atoms with Gasteiger partial charge in [0.05, 0.1) is 11.7 Å². The maximum Gasteiger partial charge on any atom is 0.519 e. The number of amides is 1. The van der Waals surface area contributed by atoms with E-state index in [9.17, 15) is 9.59 Å². The van der Waals surface area contributed by atoms with Crippen LogP contribution in [0.4, 0.5) is 15.3 Å². The number of ether oxygens (including phenoxy) is 3. The number of fused-ring (bicyclic) bond motifs is 1. The summed E-state index contributed by atoms with van der Waals surface area (Å²) in [5, 5.41) is 0. The van der Waals surface area contributed by atoms with Crippen LogP contribution in [0.25, 0.3) is 6.08 Å². The van der Waals surface area contributed by atoms with Crippen molar-refractivity contribution < 1.29 is 23.8 Å². The normalized spacial score (nSPS) is 14.2. The molecule has 0 bridgehead atoms. The molecular weight excluding hydrogens is 406 g/mol. The number of carbonyl (C=O) groups is 2. The van der Waals surface area contributed by atoms with Gasteiger partial charge in [-0.2, -0.15) is 0 Å². The van der Waals surface area contributed by atoms with E-state index in [0.29, 0.717) is 34.9 Å². The second-order valence-corrected chi connectivity index (χ2v) is 6.99. The Hall–Kier alpha value is -4.32. The predicted octanol–water partition coefficient (Wildman–Crippen LogP) is 6.24. The summed E-state index contributed by atoms with van der Waals surface area (Å²) >= 11 is 0. The van der Waals surface area contributed by atoms with Gasteiger partial charge >= 0.3 is 12.2 Å². The monoisotopic (exact) mass is 427 g/mol. The Morgan fingerprint density at radius 3 is 2.12 bits per heavy atom. The highest BCUT2D eigenvalue weighted by Gasteiger charge is 2.29. The summed E-state index contributed by atoms with van der Waals surface area (Å²) in [5.41, 5.74) is 1.35. The van der Waals surface area contributed by atoms with Crippen LogP contribution in [-0.4, -0.2) is 18.3 Å². The lowest BCUT2D eigenvalue weighted by Gasteiger charge is -2.32. The molecule has 1 atom stereocenters. The van der Waals surface area contributed by atoms with Gasteiger partial charge in [-0.1, -0.05) is 54.6 Å². The summed E-state index contributed by atoms with van der Waals surface area (Å²) in [6.45, 7) is 3.79. The third-order valence-electron chi connectivity index (χ3n) is 4.79. The van der Waals surface area contributed by atoms with Crippen molar-refractivity contribution >= 4 is 24.0 Å². The number of anilines is 1. The van der Waals surface area contributed by atoms with Gasteiger partial charge in [-0.15, -0.1) is 6.58 Å². The molecule has 0 radical (unpaired) electrons. The molecule has 0 N–H and O–H groups in total. The van der Waals surface area contributed by atoms with Gasteiger partial charge < -0.3 is 14.2 Å². The fraction of sp³-hybridized carbons (Fsp3) is 0.0769. The smallest absolute Gasteiger partial charge is 0.410 e. The highest BCUT2D eigenvalue weighted by atomic mass is 16.7. The summed E-state index contributed by atoms with van der Waals surface area (Å²) in [4.78, 5) is 26.7. The SMILES string of the molecule is C=CCC1C=Cc2cc(OC(=O)Oc3ccccc3)ccc2N1C(=O)Oc1ccccc1. The van der Waals surface area contributed by atoms with Crippen LogP contribution in [0.15, 0.2) is 97.6 Å². The minimum atomic E-state index is -0.846. The van der Waals surface area contributed by atoms with E-state index in [0.717, 1.165) is 0 Å². The van der Waals surface area contributed by atoms with E-state index >= 15 is 0 Å². The zero-order valence-electron chi connectivity index (χ0n) is 17.2. The summed E-state index contributed by atoms with van der Waals surface area (Å²) in [7, 11) is 0. The molecule has 3 aromatic carbocycles. The lowest BCUT2D eigenvalue weighted by molar-refractivity contribution is 0.152. The molecule has 0 saturated carbocycles. The van der Waals surface area contributed by atoms with Crippen molar-refractivity contribution in [1.29, 1.82) is 0 Å². The van der Waals surface area contributed by atoms with Crippen LogP contribution in [0.3, 0.4) is 0 Å². The molecule has 0 fully saturated rings. The van der Waals surface area contributed by atoms with E-state index in [-0.39, 0.29) is 6.04 Å². The molecule has 0 saturated heterocycles. The van der Waals surface area contributed by atoms with Crippen LogP contribution in [0.5, 0.6) is 17.2 Å². The molecule has 3 aromatic rings. The van der Waals surface area contributed by atoms with E-state index in [1.807, 2.05) is 24.3 Å². The first-order valence-electron chi connectivity index (χ1n) is 10.1. The van der Waals surface area contributed by atoms with E-state index in [2.05, 4.69) is 6.58 Å². The first kappa shape index (κ1) is 20.9. The molecule has 1 unspecified atom stereocenters. The molecule has 0 spiro atoms. The van der Waals surface area contributed by atoms with Crippen molar-refractivity contribution in [2.45, 2.75) is 12.5 Å². The number of para-hydroxylation sites is 2. The van der Waals surface area contributed by atoms with Crippen LogP contribution in [0.2, 0.25) is 0 Å². The maximum atomic E-state index is 13.0. The van der Waals surface area contributed by atoms with E-state index in [1.54, 1.807) is 77.7 Å². The fourth-order valence-corrected chi connectivity index (χ4v) is 3.36. The Bertz CT molecular complexity index is 1140. The lowest BCUT2D eigenvalue weighted by atomic mass is 10.0. The van der Waals surface area contributed by atoms with E-state index in [1.165, 1.54) is 0 Å². The molecule has 1 aliphatic rings. The van der Waals surface area contributed by atoms with E-state index < -0.39 is 12.2 Å². The molecule has 160 valence electrons. The van der Waals surface area contributed by atoms with Gasteiger partial charge in [0, 0.05) is 5.56 Å².